The molecule has 0 aliphatic heterocycles. The molecule has 0 aliphatic rings. The number of nitrogen functional groups attached to an aromatic ring is 1. The summed E-state index contributed by atoms with van der Waals surface area (Å²) in [6.45, 7) is 0. The van der Waals surface area contributed by atoms with Crippen molar-refractivity contribution >= 4 is 23.3 Å². The minimum Gasteiger partial charge on any atom is -0.478 e. The van der Waals surface area contributed by atoms with Gasteiger partial charge in [0.15, 0.2) is 0 Å². The van der Waals surface area contributed by atoms with E-state index >= 15 is 0 Å². The number of methoxy groups -OCH3 is 1. The van der Waals surface area contributed by atoms with Crippen LogP contribution >= 0.6 is 0 Å². The minimum atomic E-state index is -0.907. The lowest BCUT2D eigenvalue weighted by atomic mass is 10.2. The van der Waals surface area contributed by atoms with Gasteiger partial charge >= 0.3 is 11.9 Å². The number of hydrogen-bond acceptors (Lipinski definition) is 5. The SMILES string of the molecule is CNc1ccccc1C(=O)O.COC(=O)c1ccccc1N. The van der Waals surface area contributed by atoms with Crippen molar-refractivity contribution in [2.24, 2.45) is 0 Å². The molecule has 22 heavy (non-hydrogen) atoms. The Labute approximate surface area is 128 Å². The van der Waals surface area contributed by atoms with Gasteiger partial charge in [-0.3, -0.25) is 0 Å². The maximum Gasteiger partial charge on any atom is 0.339 e. The minimum absolute atomic E-state index is 0.301. The Morgan fingerprint density at radius 3 is 2.05 bits per heavy atom. The second-order valence-electron chi connectivity index (χ2n) is 4.18. The molecule has 0 atom stereocenters. The molecule has 0 aliphatic carbocycles. The van der Waals surface area contributed by atoms with Crippen LogP contribution in [0.3, 0.4) is 0 Å². The molecular weight excluding hydrogens is 284 g/mol. The fourth-order valence-corrected chi connectivity index (χ4v) is 1.68. The van der Waals surface area contributed by atoms with Crippen molar-refractivity contribution in [1.82, 2.24) is 0 Å². The quantitative estimate of drug-likeness (QED) is 0.594. The van der Waals surface area contributed by atoms with Gasteiger partial charge in [-0.1, -0.05) is 24.3 Å². The number of ether oxygens (including phenoxy) is 1. The standard InChI is InChI=1S/2C8H9NO2/c1-11-8(10)6-4-2-3-5-7(6)9;1-9-7-5-3-2-4-6(7)8(10)11/h2-5H,9H2,1H3;2-5,9H,1H3,(H,10,11). The third-order valence-corrected chi connectivity index (χ3v) is 2.79. The number of carboxylic acid groups (broad SMARTS) is 1. The monoisotopic (exact) mass is 302 g/mol. The van der Waals surface area contributed by atoms with E-state index in [2.05, 4.69) is 10.1 Å². The topological polar surface area (TPSA) is 102 Å². The Balaban J connectivity index is 0.000000220. The highest BCUT2D eigenvalue weighted by atomic mass is 16.5. The number of benzene rings is 2. The summed E-state index contributed by atoms with van der Waals surface area (Å²) in [6, 6.07) is 13.6. The lowest BCUT2D eigenvalue weighted by Crippen LogP contribution is -2.04. The molecule has 2 aromatic carbocycles. The van der Waals surface area contributed by atoms with Crippen molar-refractivity contribution in [3.05, 3.63) is 59.7 Å². The van der Waals surface area contributed by atoms with Gasteiger partial charge in [-0.25, -0.2) is 9.59 Å². The molecular formula is C16H18N2O4. The molecule has 0 saturated carbocycles. The highest BCUT2D eigenvalue weighted by Crippen LogP contribution is 2.13. The van der Waals surface area contributed by atoms with Gasteiger partial charge in [0.25, 0.3) is 0 Å². The maximum atomic E-state index is 10.9. The number of carboxylic acids is 1. The molecule has 0 amide bonds. The predicted octanol–water partition coefficient (Wildman–Crippen LogP) is 2.48. The fourth-order valence-electron chi connectivity index (χ4n) is 1.68. The first kappa shape index (κ1) is 17.0. The molecule has 0 unspecified atom stereocenters. The van der Waals surface area contributed by atoms with Crippen LogP contribution in [0.5, 0.6) is 0 Å². The van der Waals surface area contributed by atoms with Gasteiger partial charge < -0.3 is 20.9 Å². The third-order valence-electron chi connectivity index (χ3n) is 2.79. The molecule has 0 fully saturated rings. The molecule has 6 nitrogen and oxygen atoms in total. The highest BCUT2D eigenvalue weighted by Gasteiger charge is 2.07. The average molecular weight is 302 g/mol. The molecule has 0 spiro atoms. The van der Waals surface area contributed by atoms with E-state index in [1.54, 1.807) is 55.6 Å². The third kappa shape index (κ3) is 4.52. The van der Waals surface area contributed by atoms with Crippen LogP contribution in [0, 0.1) is 0 Å². The van der Waals surface area contributed by atoms with Gasteiger partial charge in [-0.15, -0.1) is 0 Å². The number of anilines is 2. The molecule has 0 heterocycles. The Morgan fingerprint density at radius 1 is 1.05 bits per heavy atom. The zero-order valence-corrected chi connectivity index (χ0v) is 12.4. The summed E-state index contributed by atoms with van der Waals surface area (Å²) in [6.07, 6.45) is 0. The zero-order chi connectivity index (χ0) is 16.5. The summed E-state index contributed by atoms with van der Waals surface area (Å²) < 4.78 is 4.50. The zero-order valence-electron chi connectivity index (χ0n) is 12.4. The first-order chi connectivity index (χ1) is 10.5. The van der Waals surface area contributed by atoms with Crippen LogP contribution in [0.25, 0.3) is 0 Å². The molecule has 4 N–H and O–H groups in total. The van der Waals surface area contributed by atoms with E-state index in [1.807, 2.05) is 0 Å². The molecule has 6 heteroatoms. The second-order valence-corrected chi connectivity index (χ2v) is 4.18. The second kappa shape index (κ2) is 8.31. The summed E-state index contributed by atoms with van der Waals surface area (Å²) in [5, 5.41) is 11.5. The van der Waals surface area contributed by atoms with Gasteiger partial charge in [0.05, 0.1) is 18.2 Å². The van der Waals surface area contributed by atoms with E-state index in [9.17, 15) is 9.59 Å². The van der Waals surface area contributed by atoms with Crippen molar-refractivity contribution in [1.29, 1.82) is 0 Å². The van der Waals surface area contributed by atoms with Crippen molar-refractivity contribution in [3.63, 3.8) is 0 Å². The largest absolute Gasteiger partial charge is 0.478 e. The van der Waals surface area contributed by atoms with Crippen LogP contribution < -0.4 is 11.1 Å². The van der Waals surface area contributed by atoms with E-state index in [0.29, 0.717) is 22.5 Å². The van der Waals surface area contributed by atoms with Crippen LogP contribution in [0.2, 0.25) is 0 Å². The van der Waals surface area contributed by atoms with Gasteiger partial charge in [-0.2, -0.15) is 0 Å². The Morgan fingerprint density at radius 2 is 1.59 bits per heavy atom. The van der Waals surface area contributed by atoms with Crippen molar-refractivity contribution in [3.8, 4) is 0 Å². The lowest BCUT2D eigenvalue weighted by Gasteiger charge is -2.02. The number of carbonyl (C=O) groups excluding carboxylic acids is 1. The number of nitrogens with one attached hydrogen (secondary N) is 1. The summed E-state index contributed by atoms with van der Waals surface area (Å²) in [7, 11) is 3.02. The van der Waals surface area contributed by atoms with Crippen LogP contribution in [0.15, 0.2) is 48.5 Å². The lowest BCUT2D eigenvalue weighted by molar-refractivity contribution is 0.0601. The first-order valence-corrected chi connectivity index (χ1v) is 6.44. The van der Waals surface area contributed by atoms with Crippen LogP contribution in [-0.4, -0.2) is 31.2 Å². The van der Waals surface area contributed by atoms with Gasteiger partial charge in [0.1, 0.15) is 0 Å². The van der Waals surface area contributed by atoms with E-state index < -0.39 is 11.9 Å². The van der Waals surface area contributed by atoms with E-state index in [0.717, 1.165) is 0 Å². The average Bonchev–Trinajstić information content (AvgIpc) is 2.55. The molecule has 116 valence electrons. The number of hydrogen-bond donors (Lipinski definition) is 3. The van der Waals surface area contributed by atoms with Crippen molar-refractivity contribution in [2.45, 2.75) is 0 Å². The maximum absolute atomic E-state index is 10.9. The molecule has 2 rings (SSSR count). The van der Waals surface area contributed by atoms with Crippen LogP contribution in [-0.2, 0) is 4.74 Å². The molecule has 0 aromatic heterocycles. The van der Waals surface area contributed by atoms with Crippen LogP contribution in [0.4, 0.5) is 11.4 Å². The number of para-hydroxylation sites is 2. The van der Waals surface area contributed by atoms with E-state index in [-0.39, 0.29) is 0 Å². The van der Waals surface area contributed by atoms with Gasteiger partial charge in [0, 0.05) is 18.4 Å². The first-order valence-electron chi connectivity index (χ1n) is 6.44. The van der Waals surface area contributed by atoms with Crippen molar-refractivity contribution in [2.75, 3.05) is 25.2 Å². The van der Waals surface area contributed by atoms with E-state index in [4.69, 9.17) is 10.8 Å². The Bertz CT molecular complexity index is 656. The summed E-state index contributed by atoms with van der Waals surface area (Å²) in [4.78, 5) is 21.5. The molecule has 0 bridgehead atoms. The summed E-state index contributed by atoms with van der Waals surface area (Å²) in [5.41, 5.74) is 7.29. The van der Waals surface area contributed by atoms with Crippen molar-refractivity contribution < 1.29 is 19.4 Å². The number of esters is 1. The highest BCUT2D eigenvalue weighted by molar-refractivity contribution is 5.95. The Kier molecular flexibility index (Phi) is 6.43. The summed E-state index contributed by atoms with van der Waals surface area (Å²) >= 11 is 0. The summed E-state index contributed by atoms with van der Waals surface area (Å²) in [5.74, 6) is -1.31. The molecule has 2 aromatic rings. The molecule has 0 saturated heterocycles. The fraction of sp³-hybridized carbons (Fsp3) is 0.125. The number of rotatable bonds is 3. The van der Waals surface area contributed by atoms with Gasteiger partial charge in [-0.05, 0) is 24.3 Å². The predicted molar refractivity (Wildman–Crippen MR) is 85.1 cm³/mol. The Hall–Kier alpha value is -3.02. The number of nitrogens with two attached hydrogens (primary N) is 1. The van der Waals surface area contributed by atoms with E-state index in [1.165, 1.54) is 7.11 Å². The number of carbonyl (C=O) groups is 2. The molecule has 0 radical (unpaired) electrons. The normalized spacial score (nSPS) is 9.18. The van der Waals surface area contributed by atoms with Crippen LogP contribution in [0.1, 0.15) is 20.7 Å². The van der Waals surface area contributed by atoms with Gasteiger partial charge in [0.2, 0.25) is 0 Å². The smallest absolute Gasteiger partial charge is 0.339 e. The number of aromatic carboxylic acids is 1.